The maximum Gasteiger partial charge on any atom is 0.387 e. The van der Waals surface area contributed by atoms with Gasteiger partial charge in [0.2, 0.25) is 0 Å². The number of fused-ring (bicyclic) bond motifs is 1. The van der Waals surface area contributed by atoms with Gasteiger partial charge in [0.1, 0.15) is 23.9 Å². The molecule has 0 bridgehead atoms. The number of alkyl halides is 2. The zero-order valence-electron chi connectivity index (χ0n) is 8.47. The van der Waals surface area contributed by atoms with Gasteiger partial charge in [0, 0.05) is 12.1 Å². The van der Waals surface area contributed by atoms with Gasteiger partial charge < -0.3 is 14.8 Å². The third-order valence-corrected chi connectivity index (χ3v) is 2.39. The van der Waals surface area contributed by atoms with Crippen LogP contribution in [0, 0.1) is 5.82 Å². The van der Waals surface area contributed by atoms with Crippen molar-refractivity contribution in [2.75, 3.05) is 13.7 Å². The van der Waals surface area contributed by atoms with E-state index in [9.17, 15) is 13.2 Å². The molecule has 0 amide bonds. The molecule has 0 saturated carbocycles. The molecule has 1 aliphatic rings. The molecule has 0 fully saturated rings. The van der Waals surface area contributed by atoms with Crippen LogP contribution in [0.1, 0.15) is 11.6 Å². The van der Waals surface area contributed by atoms with Crippen LogP contribution in [0.5, 0.6) is 11.5 Å². The van der Waals surface area contributed by atoms with Gasteiger partial charge in [-0.3, -0.25) is 0 Å². The highest BCUT2D eigenvalue weighted by Gasteiger charge is 2.27. The largest absolute Gasteiger partial charge is 0.491 e. The Morgan fingerprint density at radius 1 is 1.50 bits per heavy atom. The SMILES string of the molecule is CN[C@H]1COc2cc(OC(F)F)cc(F)c21. The van der Waals surface area contributed by atoms with Crippen molar-refractivity contribution >= 4 is 0 Å². The highest BCUT2D eigenvalue weighted by Crippen LogP contribution is 2.37. The second kappa shape index (κ2) is 4.21. The van der Waals surface area contributed by atoms with E-state index >= 15 is 0 Å². The minimum absolute atomic E-state index is 0.233. The second-order valence-corrected chi connectivity index (χ2v) is 3.35. The minimum atomic E-state index is -2.97. The monoisotopic (exact) mass is 233 g/mol. The van der Waals surface area contributed by atoms with Gasteiger partial charge in [0.15, 0.2) is 0 Å². The summed E-state index contributed by atoms with van der Waals surface area (Å²) in [7, 11) is 1.67. The van der Waals surface area contributed by atoms with Gasteiger partial charge in [-0.2, -0.15) is 8.78 Å². The van der Waals surface area contributed by atoms with Crippen LogP contribution in [0.25, 0.3) is 0 Å². The number of halogens is 3. The van der Waals surface area contributed by atoms with Crippen LogP contribution in [-0.2, 0) is 0 Å². The molecular formula is C10H10F3NO2. The molecule has 6 heteroatoms. The molecule has 16 heavy (non-hydrogen) atoms. The quantitative estimate of drug-likeness (QED) is 0.867. The molecule has 1 N–H and O–H groups in total. The average Bonchev–Trinajstić information content (AvgIpc) is 2.59. The normalized spacial score (nSPS) is 18.4. The van der Waals surface area contributed by atoms with Crippen molar-refractivity contribution in [1.82, 2.24) is 5.32 Å². The molecule has 0 saturated heterocycles. The predicted molar refractivity (Wildman–Crippen MR) is 50.3 cm³/mol. The number of nitrogens with one attached hydrogen (secondary N) is 1. The summed E-state index contributed by atoms with van der Waals surface area (Å²) in [6.07, 6.45) is 0. The summed E-state index contributed by atoms with van der Waals surface area (Å²) in [5.41, 5.74) is 0.351. The van der Waals surface area contributed by atoms with Gasteiger partial charge >= 0.3 is 6.61 Å². The summed E-state index contributed by atoms with van der Waals surface area (Å²) >= 11 is 0. The lowest BCUT2D eigenvalue weighted by Crippen LogP contribution is -2.18. The average molecular weight is 233 g/mol. The zero-order valence-corrected chi connectivity index (χ0v) is 8.47. The molecule has 0 spiro atoms. The third-order valence-electron chi connectivity index (χ3n) is 2.39. The molecule has 3 nitrogen and oxygen atoms in total. The van der Waals surface area contributed by atoms with Crippen LogP contribution in [-0.4, -0.2) is 20.3 Å². The van der Waals surface area contributed by atoms with Crippen molar-refractivity contribution in [1.29, 1.82) is 0 Å². The van der Waals surface area contributed by atoms with Gasteiger partial charge in [-0.25, -0.2) is 4.39 Å². The Hall–Kier alpha value is -1.43. The van der Waals surface area contributed by atoms with E-state index in [4.69, 9.17) is 4.74 Å². The first-order valence-corrected chi connectivity index (χ1v) is 4.70. The fraction of sp³-hybridized carbons (Fsp3) is 0.400. The van der Waals surface area contributed by atoms with Crippen LogP contribution < -0.4 is 14.8 Å². The molecule has 1 aromatic carbocycles. The smallest absolute Gasteiger partial charge is 0.387 e. The fourth-order valence-electron chi connectivity index (χ4n) is 1.68. The lowest BCUT2D eigenvalue weighted by Gasteiger charge is -2.09. The summed E-state index contributed by atoms with van der Waals surface area (Å²) < 4.78 is 46.8. The minimum Gasteiger partial charge on any atom is -0.491 e. The Kier molecular flexibility index (Phi) is 2.91. The highest BCUT2D eigenvalue weighted by atomic mass is 19.3. The number of rotatable bonds is 3. The maximum absolute atomic E-state index is 13.6. The van der Waals surface area contributed by atoms with Crippen LogP contribution in [0.3, 0.4) is 0 Å². The second-order valence-electron chi connectivity index (χ2n) is 3.35. The molecule has 0 aliphatic carbocycles. The van der Waals surface area contributed by atoms with E-state index in [-0.39, 0.29) is 24.1 Å². The van der Waals surface area contributed by atoms with E-state index in [0.717, 1.165) is 6.07 Å². The van der Waals surface area contributed by atoms with Crippen molar-refractivity contribution in [3.05, 3.63) is 23.5 Å². The fourth-order valence-corrected chi connectivity index (χ4v) is 1.68. The first kappa shape index (κ1) is 11.1. The molecule has 0 aromatic heterocycles. The van der Waals surface area contributed by atoms with Crippen LogP contribution in [0.15, 0.2) is 12.1 Å². The number of likely N-dealkylation sites (N-methyl/N-ethyl adjacent to an activating group) is 1. The van der Waals surface area contributed by atoms with Crippen molar-refractivity contribution in [2.24, 2.45) is 0 Å². The van der Waals surface area contributed by atoms with Crippen LogP contribution >= 0.6 is 0 Å². The Bertz CT molecular complexity index is 398. The Morgan fingerprint density at radius 2 is 2.25 bits per heavy atom. The number of hydrogen-bond acceptors (Lipinski definition) is 3. The molecule has 88 valence electrons. The van der Waals surface area contributed by atoms with Gasteiger partial charge in [0.05, 0.1) is 11.6 Å². The van der Waals surface area contributed by atoms with Crippen LogP contribution in [0.4, 0.5) is 13.2 Å². The topological polar surface area (TPSA) is 30.5 Å². The van der Waals surface area contributed by atoms with Gasteiger partial charge in [-0.1, -0.05) is 0 Å². The van der Waals surface area contributed by atoms with Crippen molar-refractivity contribution < 1.29 is 22.6 Å². The Labute approximate surface area is 90.2 Å². The Balaban J connectivity index is 2.33. The van der Waals surface area contributed by atoms with E-state index in [1.807, 2.05) is 0 Å². The number of hydrogen-bond donors (Lipinski definition) is 1. The van der Waals surface area contributed by atoms with E-state index in [1.165, 1.54) is 6.07 Å². The summed E-state index contributed by atoms with van der Waals surface area (Å²) in [6, 6.07) is 1.95. The van der Waals surface area contributed by atoms with E-state index in [2.05, 4.69) is 10.1 Å². The first-order valence-electron chi connectivity index (χ1n) is 4.70. The first-order chi connectivity index (χ1) is 7.61. The molecule has 0 radical (unpaired) electrons. The van der Waals surface area contributed by atoms with E-state index in [0.29, 0.717) is 5.56 Å². The zero-order chi connectivity index (χ0) is 11.7. The van der Waals surface area contributed by atoms with Gasteiger partial charge in [-0.05, 0) is 7.05 Å². The summed E-state index contributed by atoms with van der Waals surface area (Å²) in [4.78, 5) is 0. The van der Waals surface area contributed by atoms with Crippen LogP contribution in [0.2, 0.25) is 0 Å². The number of benzene rings is 1. The molecule has 1 atom stereocenters. The molecule has 1 heterocycles. The lowest BCUT2D eigenvalue weighted by atomic mass is 10.1. The van der Waals surface area contributed by atoms with E-state index < -0.39 is 12.4 Å². The van der Waals surface area contributed by atoms with Crippen molar-refractivity contribution in [2.45, 2.75) is 12.7 Å². The Morgan fingerprint density at radius 3 is 2.88 bits per heavy atom. The predicted octanol–water partition coefficient (Wildman–Crippen LogP) is 2.08. The molecule has 1 aromatic rings. The lowest BCUT2D eigenvalue weighted by molar-refractivity contribution is -0.0500. The maximum atomic E-state index is 13.6. The molecule has 1 aliphatic heterocycles. The van der Waals surface area contributed by atoms with Gasteiger partial charge in [-0.15, -0.1) is 0 Å². The summed E-state index contributed by atoms with van der Waals surface area (Å²) in [5.74, 6) is -0.594. The van der Waals surface area contributed by atoms with Crippen molar-refractivity contribution in [3.63, 3.8) is 0 Å². The van der Waals surface area contributed by atoms with E-state index in [1.54, 1.807) is 7.05 Å². The molecule has 0 unspecified atom stereocenters. The third kappa shape index (κ3) is 1.92. The summed E-state index contributed by atoms with van der Waals surface area (Å²) in [5, 5.41) is 2.87. The number of ether oxygens (including phenoxy) is 2. The standard InChI is InChI=1S/C10H10F3NO2/c1-14-7-4-15-8-3-5(16-10(12)13)2-6(11)9(7)8/h2-3,7,10,14H,4H2,1H3/t7-/m0/s1. The van der Waals surface area contributed by atoms with Gasteiger partial charge in [0.25, 0.3) is 0 Å². The molecule has 2 rings (SSSR count). The van der Waals surface area contributed by atoms with Crippen molar-refractivity contribution in [3.8, 4) is 11.5 Å². The highest BCUT2D eigenvalue weighted by molar-refractivity contribution is 5.46. The molecular weight excluding hydrogens is 223 g/mol. The summed E-state index contributed by atoms with van der Waals surface area (Å²) in [6.45, 7) is -2.69.